The first-order chi connectivity index (χ1) is 9.06. The van der Waals surface area contributed by atoms with Crippen molar-refractivity contribution < 1.29 is 10.0 Å². The maximum atomic E-state index is 10.9. The van der Waals surface area contributed by atoms with Crippen molar-refractivity contribution in [1.82, 2.24) is 5.32 Å². The quantitative estimate of drug-likeness (QED) is 0.632. The molecule has 1 saturated carbocycles. The first-order valence-corrected chi connectivity index (χ1v) is 6.66. The molecule has 5 heteroatoms. The number of rotatable bonds is 5. The van der Waals surface area contributed by atoms with Gasteiger partial charge in [-0.05, 0) is 25.3 Å². The molecule has 0 radical (unpaired) electrons. The van der Waals surface area contributed by atoms with E-state index in [-0.39, 0.29) is 22.8 Å². The van der Waals surface area contributed by atoms with Crippen LogP contribution < -0.4 is 5.32 Å². The highest BCUT2D eigenvalue weighted by Crippen LogP contribution is 2.29. The summed E-state index contributed by atoms with van der Waals surface area (Å²) >= 11 is 0. The van der Waals surface area contributed by atoms with Crippen molar-refractivity contribution in [2.75, 3.05) is 6.61 Å². The van der Waals surface area contributed by atoms with Crippen LogP contribution in [-0.2, 0) is 6.54 Å². The molecular formula is C14H20N2O3. The Morgan fingerprint density at radius 3 is 2.68 bits per heavy atom. The topological polar surface area (TPSA) is 75.4 Å². The lowest BCUT2D eigenvalue weighted by Gasteiger charge is -2.28. The Bertz CT molecular complexity index is 468. The fourth-order valence-electron chi connectivity index (χ4n) is 2.69. The van der Waals surface area contributed by atoms with Crippen LogP contribution in [0.3, 0.4) is 0 Å². The summed E-state index contributed by atoms with van der Waals surface area (Å²) in [6, 6.07) is 5.28. The molecule has 0 amide bonds. The lowest BCUT2D eigenvalue weighted by atomic mass is 9.98. The number of hydrogen-bond donors (Lipinski definition) is 2. The van der Waals surface area contributed by atoms with E-state index >= 15 is 0 Å². The van der Waals surface area contributed by atoms with Crippen LogP contribution in [-0.4, -0.2) is 22.2 Å². The second kappa shape index (κ2) is 5.67. The Morgan fingerprint density at radius 2 is 2.11 bits per heavy atom. The molecule has 1 aromatic carbocycles. The van der Waals surface area contributed by atoms with Crippen LogP contribution in [0.25, 0.3) is 0 Å². The molecule has 0 bridgehead atoms. The van der Waals surface area contributed by atoms with Gasteiger partial charge in [-0.25, -0.2) is 0 Å². The van der Waals surface area contributed by atoms with Crippen molar-refractivity contribution in [2.24, 2.45) is 0 Å². The first-order valence-electron chi connectivity index (χ1n) is 6.66. The number of aryl methyl sites for hydroxylation is 1. The van der Waals surface area contributed by atoms with E-state index in [0.717, 1.165) is 31.2 Å². The molecule has 19 heavy (non-hydrogen) atoms. The van der Waals surface area contributed by atoms with Gasteiger partial charge in [0.2, 0.25) is 0 Å². The standard InChI is InChI=1S/C14H20N2O3/c1-11-4-5-12(8-13(11)16(18)19)9-15-14(10-17)6-2-3-7-14/h4-5,8,15,17H,2-3,6-7,9-10H2,1H3. The Hall–Kier alpha value is -1.46. The maximum absolute atomic E-state index is 10.9. The summed E-state index contributed by atoms with van der Waals surface area (Å²) in [5.74, 6) is 0. The Labute approximate surface area is 112 Å². The molecule has 0 heterocycles. The van der Waals surface area contributed by atoms with Crippen molar-refractivity contribution in [3.63, 3.8) is 0 Å². The summed E-state index contributed by atoms with van der Waals surface area (Å²) in [6.07, 6.45) is 4.19. The van der Waals surface area contributed by atoms with Gasteiger partial charge in [0, 0.05) is 23.7 Å². The number of benzene rings is 1. The Balaban J connectivity index is 2.07. The number of aliphatic hydroxyl groups excluding tert-OH is 1. The third kappa shape index (κ3) is 3.11. The normalized spacial score (nSPS) is 17.6. The van der Waals surface area contributed by atoms with E-state index in [1.807, 2.05) is 6.07 Å². The van der Waals surface area contributed by atoms with Crippen molar-refractivity contribution in [1.29, 1.82) is 0 Å². The van der Waals surface area contributed by atoms with E-state index in [2.05, 4.69) is 5.32 Å². The lowest BCUT2D eigenvalue weighted by Crippen LogP contribution is -2.45. The van der Waals surface area contributed by atoms with Gasteiger partial charge in [-0.2, -0.15) is 0 Å². The lowest BCUT2D eigenvalue weighted by molar-refractivity contribution is -0.385. The monoisotopic (exact) mass is 264 g/mol. The zero-order chi connectivity index (χ0) is 13.9. The molecule has 1 aromatic rings. The molecule has 2 N–H and O–H groups in total. The predicted molar refractivity (Wildman–Crippen MR) is 73.0 cm³/mol. The van der Waals surface area contributed by atoms with Gasteiger partial charge in [-0.15, -0.1) is 0 Å². The molecule has 1 aliphatic carbocycles. The SMILES string of the molecule is Cc1ccc(CNC2(CO)CCCC2)cc1[N+](=O)[O-]. The molecule has 0 aliphatic heterocycles. The fourth-order valence-corrected chi connectivity index (χ4v) is 2.69. The first kappa shape index (κ1) is 14.0. The molecule has 0 aromatic heterocycles. The molecule has 0 atom stereocenters. The smallest absolute Gasteiger partial charge is 0.272 e. The van der Waals surface area contributed by atoms with E-state index in [1.165, 1.54) is 0 Å². The highest BCUT2D eigenvalue weighted by Gasteiger charge is 2.32. The van der Waals surface area contributed by atoms with Crippen molar-refractivity contribution >= 4 is 5.69 Å². The van der Waals surface area contributed by atoms with E-state index in [4.69, 9.17) is 0 Å². The number of nitro benzene ring substituents is 1. The zero-order valence-electron chi connectivity index (χ0n) is 11.2. The van der Waals surface area contributed by atoms with Crippen LogP contribution in [0.15, 0.2) is 18.2 Å². The van der Waals surface area contributed by atoms with Crippen molar-refractivity contribution in [3.8, 4) is 0 Å². The second-order valence-electron chi connectivity index (χ2n) is 5.38. The van der Waals surface area contributed by atoms with Crippen LogP contribution in [0.5, 0.6) is 0 Å². The number of nitro groups is 1. The minimum Gasteiger partial charge on any atom is -0.394 e. The number of aliphatic hydroxyl groups is 1. The summed E-state index contributed by atoms with van der Waals surface area (Å²) in [4.78, 5) is 10.5. The van der Waals surface area contributed by atoms with Crippen LogP contribution >= 0.6 is 0 Å². The molecule has 0 saturated heterocycles. The van der Waals surface area contributed by atoms with E-state index in [9.17, 15) is 15.2 Å². The average Bonchev–Trinajstić information content (AvgIpc) is 2.87. The molecule has 1 fully saturated rings. The van der Waals surface area contributed by atoms with E-state index < -0.39 is 0 Å². The van der Waals surface area contributed by atoms with Gasteiger partial charge >= 0.3 is 0 Å². The largest absolute Gasteiger partial charge is 0.394 e. The third-order valence-corrected chi connectivity index (χ3v) is 4.00. The Kier molecular flexibility index (Phi) is 4.17. The van der Waals surface area contributed by atoms with Gasteiger partial charge in [0.25, 0.3) is 5.69 Å². The van der Waals surface area contributed by atoms with E-state index in [1.54, 1.807) is 19.1 Å². The fraction of sp³-hybridized carbons (Fsp3) is 0.571. The highest BCUT2D eigenvalue weighted by atomic mass is 16.6. The summed E-state index contributed by atoms with van der Waals surface area (Å²) in [5, 5.41) is 23.8. The average molecular weight is 264 g/mol. The van der Waals surface area contributed by atoms with Gasteiger partial charge in [-0.3, -0.25) is 10.1 Å². The van der Waals surface area contributed by atoms with Gasteiger partial charge in [0.15, 0.2) is 0 Å². The van der Waals surface area contributed by atoms with Crippen molar-refractivity contribution in [3.05, 3.63) is 39.4 Å². The van der Waals surface area contributed by atoms with Gasteiger partial charge in [-0.1, -0.05) is 25.0 Å². The van der Waals surface area contributed by atoms with Crippen LogP contribution in [0.2, 0.25) is 0 Å². The second-order valence-corrected chi connectivity index (χ2v) is 5.38. The zero-order valence-corrected chi connectivity index (χ0v) is 11.2. The minimum absolute atomic E-state index is 0.126. The molecule has 0 spiro atoms. The molecular weight excluding hydrogens is 244 g/mol. The van der Waals surface area contributed by atoms with Gasteiger partial charge in [0.05, 0.1) is 11.5 Å². The summed E-state index contributed by atoms with van der Waals surface area (Å²) in [6.45, 7) is 2.42. The van der Waals surface area contributed by atoms with Gasteiger partial charge < -0.3 is 10.4 Å². The summed E-state index contributed by atoms with van der Waals surface area (Å²) in [7, 11) is 0. The Morgan fingerprint density at radius 1 is 1.42 bits per heavy atom. The summed E-state index contributed by atoms with van der Waals surface area (Å²) in [5.41, 5.74) is 1.52. The predicted octanol–water partition coefficient (Wildman–Crippen LogP) is 2.30. The van der Waals surface area contributed by atoms with Crippen molar-refractivity contribution in [2.45, 2.75) is 44.7 Å². The van der Waals surface area contributed by atoms with E-state index in [0.29, 0.717) is 12.1 Å². The molecule has 5 nitrogen and oxygen atoms in total. The number of nitrogens with zero attached hydrogens (tertiary/aromatic N) is 1. The third-order valence-electron chi connectivity index (χ3n) is 4.00. The molecule has 1 aliphatic rings. The summed E-state index contributed by atoms with van der Waals surface area (Å²) < 4.78 is 0. The molecule has 2 rings (SSSR count). The maximum Gasteiger partial charge on any atom is 0.272 e. The van der Waals surface area contributed by atoms with Crippen LogP contribution in [0.1, 0.15) is 36.8 Å². The number of hydrogen-bond acceptors (Lipinski definition) is 4. The van der Waals surface area contributed by atoms with Crippen LogP contribution in [0, 0.1) is 17.0 Å². The minimum atomic E-state index is -0.351. The highest BCUT2D eigenvalue weighted by molar-refractivity contribution is 5.42. The molecule has 0 unspecified atom stereocenters. The molecule has 104 valence electrons. The van der Waals surface area contributed by atoms with Crippen LogP contribution in [0.4, 0.5) is 5.69 Å². The number of nitrogens with one attached hydrogen (secondary N) is 1. The van der Waals surface area contributed by atoms with Gasteiger partial charge in [0.1, 0.15) is 0 Å².